The number of hydrogen-bond donors (Lipinski definition) is 0. The predicted octanol–water partition coefficient (Wildman–Crippen LogP) is 3.49. The summed E-state index contributed by atoms with van der Waals surface area (Å²) in [5.74, 6) is 0. The van der Waals surface area contributed by atoms with E-state index in [-0.39, 0.29) is 12.4 Å². The van der Waals surface area contributed by atoms with Crippen LogP contribution in [0.25, 0.3) is 0 Å². The van der Waals surface area contributed by atoms with Crippen molar-refractivity contribution in [1.82, 2.24) is 0 Å². The molecule has 0 saturated carbocycles. The average molecular weight is 374 g/mol. The van der Waals surface area contributed by atoms with Crippen LogP contribution < -0.4 is 17.0 Å². The third-order valence-electron chi connectivity index (χ3n) is 5.05. The van der Waals surface area contributed by atoms with Gasteiger partial charge < -0.3 is 12.4 Å². The van der Waals surface area contributed by atoms with Crippen LogP contribution in [0.1, 0.15) is 82.3 Å². The van der Waals surface area contributed by atoms with E-state index in [9.17, 15) is 0 Å². The van der Waals surface area contributed by atoms with Crippen LogP contribution in [-0.4, -0.2) is 0 Å². The maximum atomic E-state index is 2.31. The van der Waals surface area contributed by atoms with Crippen molar-refractivity contribution in [3.63, 3.8) is 0 Å². The van der Waals surface area contributed by atoms with Crippen molar-refractivity contribution in [2.45, 2.75) is 84.1 Å². The molecule has 26 heavy (non-hydrogen) atoms. The average Bonchev–Trinajstić information content (AvgIpc) is 2.65. The second kappa shape index (κ2) is 14.8. The molecule has 0 N–H and O–H groups in total. The number of halogens is 1. The van der Waals surface area contributed by atoms with Crippen molar-refractivity contribution < 1.29 is 17.0 Å². The lowest BCUT2D eigenvalue weighted by molar-refractivity contribution is -0.688. The molecule has 0 amide bonds. The topological polar surface area (TPSA) is 3.88 Å². The highest BCUT2D eigenvalue weighted by molar-refractivity contribution is 5.26. The van der Waals surface area contributed by atoms with E-state index in [1.807, 2.05) is 0 Å². The zero-order chi connectivity index (χ0) is 17.6. The standard InChI is InChI=1S/C24H36N.ClH/c1-2-3-4-5-6-7-8-9-10-12-17-23-18-13-14-19-24(23)22-25-20-15-11-16-21-25;/h11,13-16,18-21H,2-10,12,17,22H2,1H3;1H/q+1;/p-1. The molecular formula is C24H36ClN. The van der Waals surface area contributed by atoms with Crippen LogP contribution in [-0.2, 0) is 13.0 Å². The smallest absolute Gasteiger partial charge is 0.174 e. The molecule has 0 atom stereocenters. The summed E-state index contributed by atoms with van der Waals surface area (Å²) in [6, 6.07) is 15.2. The Hall–Kier alpha value is -1.34. The Bertz CT molecular complexity index is 567. The van der Waals surface area contributed by atoms with Crippen molar-refractivity contribution in [3.05, 3.63) is 66.0 Å². The van der Waals surface area contributed by atoms with Crippen LogP contribution in [0.5, 0.6) is 0 Å². The lowest BCUT2D eigenvalue weighted by Gasteiger charge is -2.07. The minimum Gasteiger partial charge on any atom is -1.00 e. The lowest BCUT2D eigenvalue weighted by atomic mass is 10.00. The van der Waals surface area contributed by atoms with E-state index in [1.54, 1.807) is 0 Å². The number of hydrogen-bond acceptors (Lipinski definition) is 0. The van der Waals surface area contributed by atoms with E-state index in [0.29, 0.717) is 0 Å². The third-order valence-corrected chi connectivity index (χ3v) is 5.05. The predicted molar refractivity (Wildman–Crippen MR) is 108 cm³/mol. The molecule has 0 radical (unpaired) electrons. The summed E-state index contributed by atoms with van der Waals surface area (Å²) in [5.41, 5.74) is 2.99. The first-order valence-electron chi connectivity index (χ1n) is 10.4. The fourth-order valence-corrected chi connectivity index (χ4v) is 3.49. The van der Waals surface area contributed by atoms with Crippen LogP contribution in [0.15, 0.2) is 54.9 Å². The Balaban J connectivity index is 0.00000338. The summed E-state index contributed by atoms with van der Waals surface area (Å²) in [6.07, 6.45) is 19.6. The molecule has 2 heteroatoms. The molecular weight excluding hydrogens is 338 g/mol. The lowest BCUT2D eigenvalue weighted by Crippen LogP contribution is -3.00. The maximum Gasteiger partial charge on any atom is 0.174 e. The Labute approximate surface area is 167 Å². The van der Waals surface area contributed by atoms with E-state index >= 15 is 0 Å². The van der Waals surface area contributed by atoms with Crippen molar-refractivity contribution >= 4 is 0 Å². The first-order chi connectivity index (χ1) is 12.4. The molecule has 144 valence electrons. The zero-order valence-corrected chi connectivity index (χ0v) is 17.3. The van der Waals surface area contributed by atoms with Crippen molar-refractivity contribution in [2.24, 2.45) is 0 Å². The van der Waals surface area contributed by atoms with Crippen molar-refractivity contribution in [1.29, 1.82) is 0 Å². The van der Waals surface area contributed by atoms with Crippen molar-refractivity contribution in [2.75, 3.05) is 0 Å². The maximum absolute atomic E-state index is 2.31. The van der Waals surface area contributed by atoms with Crippen molar-refractivity contribution in [3.8, 4) is 0 Å². The Morgan fingerprint density at radius 3 is 1.77 bits per heavy atom. The number of nitrogens with zero attached hydrogens (tertiary/aromatic N) is 1. The van der Waals surface area contributed by atoms with Gasteiger partial charge in [0.1, 0.15) is 0 Å². The van der Waals surface area contributed by atoms with Gasteiger partial charge in [0.25, 0.3) is 0 Å². The highest BCUT2D eigenvalue weighted by Crippen LogP contribution is 2.15. The molecule has 0 fully saturated rings. The monoisotopic (exact) mass is 373 g/mol. The van der Waals surface area contributed by atoms with Gasteiger partial charge in [0.2, 0.25) is 0 Å². The molecule has 0 aliphatic rings. The number of rotatable bonds is 13. The summed E-state index contributed by atoms with van der Waals surface area (Å²) < 4.78 is 2.26. The van der Waals surface area contributed by atoms with Gasteiger partial charge in [-0.3, -0.25) is 0 Å². The number of benzene rings is 1. The first kappa shape index (κ1) is 22.7. The van der Waals surface area contributed by atoms with Gasteiger partial charge in [0, 0.05) is 17.7 Å². The number of aryl methyl sites for hydroxylation is 1. The van der Waals surface area contributed by atoms with Crippen LogP contribution in [0.4, 0.5) is 0 Å². The minimum atomic E-state index is 0. The van der Waals surface area contributed by atoms with E-state index in [0.717, 1.165) is 6.54 Å². The fraction of sp³-hybridized carbons (Fsp3) is 0.542. The normalized spacial score (nSPS) is 10.5. The second-order valence-electron chi connectivity index (χ2n) is 7.25. The van der Waals surface area contributed by atoms with E-state index < -0.39 is 0 Å². The zero-order valence-electron chi connectivity index (χ0n) is 16.5. The molecule has 0 spiro atoms. The molecule has 1 aromatic carbocycles. The van der Waals surface area contributed by atoms with Crippen LogP contribution >= 0.6 is 0 Å². The highest BCUT2D eigenvalue weighted by atomic mass is 35.5. The van der Waals surface area contributed by atoms with E-state index in [2.05, 4.69) is 66.3 Å². The molecule has 1 aromatic heterocycles. The van der Waals surface area contributed by atoms with Gasteiger partial charge >= 0.3 is 0 Å². The Morgan fingerprint density at radius 1 is 0.615 bits per heavy atom. The number of unbranched alkanes of at least 4 members (excludes halogenated alkanes) is 9. The molecule has 0 unspecified atom stereocenters. The van der Waals surface area contributed by atoms with Gasteiger partial charge in [-0.05, 0) is 18.4 Å². The quantitative estimate of drug-likeness (QED) is 0.374. The molecule has 1 nitrogen and oxygen atoms in total. The Morgan fingerprint density at radius 2 is 1.15 bits per heavy atom. The molecule has 2 aromatic rings. The van der Waals surface area contributed by atoms with E-state index in [1.165, 1.54) is 81.8 Å². The minimum absolute atomic E-state index is 0. The summed E-state index contributed by atoms with van der Waals surface area (Å²) in [6.45, 7) is 3.27. The molecule has 2 rings (SSSR count). The van der Waals surface area contributed by atoms with Gasteiger partial charge in [-0.1, -0.05) is 95.0 Å². The number of pyridine rings is 1. The summed E-state index contributed by atoms with van der Waals surface area (Å²) in [7, 11) is 0. The van der Waals surface area contributed by atoms with Gasteiger partial charge in [0.15, 0.2) is 18.9 Å². The molecule has 0 bridgehead atoms. The van der Waals surface area contributed by atoms with Gasteiger partial charge in [-0.25, -0.2) is 4.57 Å². The van der Waals surface area contributed by atoms with Crippen LogP contribution in [0.3, 0.4) is 0 Å². The van der Waals surface area contributed by atoms with Gasteiger partial charge in [-0.15, -0.1) is 0 Å². The SMILES string of the molecule is CCCCCCCCCCCCc1ccccc1C[n+]1ccccc1.[Cl-]. The summed E-state index contributed by atoms with van der Waals surface area (Å²) >= 11 is 0. The third kappa shape index (κ3) is 9.38. The summed E-state index contributed by atoms with van der Waals surface area (Å²) in [4.78, 5) is 0. The fourth-order valence-electron chi connectivity index (χ4n) is 3.49. The molecule has 1 heterocycles. The molecule has 0 saturated heterocycles. The molecule has 0 aliphatic carbocycles. The number of aromatic nitrogens is 1. The first-order valence-corrected chi connectivity index (χ1v) is 10.4. The second-order valence-corrected chi connectivity index (χ2v) is 7.25. The highest BCUT2D eigenvalue weighted by Gasteiger charge is 2.06. The molecule has 0 aliphatic heterocycles. The largest absolute Gasteiger partial charge is 1.00 e. The summed E-state index contributed by atoms with van der Waals surface area (Å²) in [5, 5.41) is 0. The van der Waals surface area contributed by atoms with Gasteiger partial charge in [-0.2, -0.15) is 0 Å². The Kier molecular flexibility index (Phi) is 12.9. The van der Waals surface area contributed by atoms with Crippen LogP contribution in [0, 0.1) is 0 Å². The van der Waals surface area contributed by atoms with Gasteiger partial charge in [0.05, 0.1) is 0 Å². The van der Waals surface area contributed by atoms with Crippen LogP contribution in [0.2, 0.25) is 0 Å². The van der Waals surface area contributed by atoms with E-state index in [4.69, 9.17) is 0 Å².